The highest BCUT2D eigenvalue weighted by Gasteiger charge is 2.38. The fourth-order valence-corrected chi connectivity index (χ4v) is 5.99. The van der Waals surface area contributed by atoms with Crippen LogP contribution in [0.25, 0.3) is 0 Å². The number of amides is 2. The van der Waals surface area contributed by atoms with Crippen molar-refractivity contribution in [1.82, 2.24) is 14.7 Å². The highest BCUT2D eigenvalue weighted by Crippen LogP contribution is 2.31. The van der Waals surface area contributed by atoms with Gasteiger partial charge < -0.3 is 14.9 Å². The van der Waals surface area contributed by atoms with Gasteiger partial charge in [0.2, 0.25) is 5.91 Å². The van der Waals surface area contributed by atoms with E-state index in [0.29, 0.717) is 54.5 Å². The third-order valence-electron chi connectivity index (χ3n) is 7.81. The van der Waals surface area contributed by atoms with E-state index in [1.807, 2.05) is 40.1 Å². The van der Waals surface area contributed by atoms with Crippen molar-refractivity contribution in [3.05, 3.63) is 69.7 Å². The first-order chi connectivity index (χ1) is 18.2. The lowest BCUT2D eigenvalue weighted by Crippen LogP contribution is -2.55. The molecule has 2 fully saturated rings. The van der Waals surface area contributed by atoms with Crippen LogP contribution >= 0.6 is 23.2 Å². The zero-order chi connectivity index (χ0) is 27.2. The molecule has 7 nitrogen and oxygen atoms in total. The number of nitrogens with zero attached hydrogens (tertiary/aromatic N) is 3. The topological polar surface area (TPSA) is 81.2 Å². The van der Waals surface area contributed by atoms with Crippen molar-refractivity contribution in [1.29, 1.82) is 0 Å². The van der Waals surface area contributed by atoms with E-state index in [1.165, 1.54) is 0 Å². The molecule has 2 amide bonds. The van der Waals surface area contributed by atoms with Crippen LogP contribution in [0.3, 0.4) is 0 Å². The molecule has 204 valence electrons. The lowest BCUT2D eigenvalue weighted by Gasteiger charge is -2.43. The zero-order valence-electron chi connectivity index (χ0n) is 21.7. The maximum absolute atomic E-state index is 13.1. The van der Waals surface area contributed by atoms with Crippen LogP contribution in [0.5, 0.6) is 0 Å². The molecule has 0 spiro atoms. The maximum Gasteiger partial charge on any atom is 0.320 e. The Bertz CT molecular complexity index is 1150. The monoisotopic (exact) mass is 559 g/mol. The molecule has 0 bridgehead atoms. The predicted molar refractivity (Wildman–Crippen MR) is 149 cm³/mol. The summed E-state index contributed by atoms with van der Waals surface area (Å²) < 4.78 is 0. The number of carbonyl (C=O) groups is 3. The largest absolute Gasteiger partial charge is 0.480 e. The van der Waals surface area contributed by atoms with E-state index in [2.05, 4.69) is 0 Å². The first-order valence-corrected chi connectivity index (χ1v) is 14.0. The van der Waals surface area contributed by atoms with Crippen molar-refractivity contribution < 1.29 is 19.5 Å². The molecular formula is C29H35Cl2N3O4. The van der Waals surface area contributed by atoms with Crippen molar-refractivity contribution in [3.8, 4) is 0 Å². The number of benzene rings is 2. The molecule has 2 aromatic carbocycles. The number of hydrogen-bond donors (Lipinski definition) is 1. The minimum absolute atomic E-state index is 0.0272. The lowest BCUT2D eigenvalue weighted by molar-refractivity contribution is -0.148. The first kappa shape index (κ1) is 28.4. The zero-order valence-corrected chi connectivity index (χ0v) is 23.2. The SMILES string of the molecule is CN(C[C@@H](CCN1CCC(N2CCCCC2=O)CC1C(=O)O)c1ccc(Cl)c(Cl)c1)C(=O)c1ccccc1. The normalized spacial score (nSPS) is 21.2. The van der Waals surface area contributed by atoms with Gasteiger partial charge in [0.05, 0.1) is 10.0 Å². The van der Waals surface area contributed by atoms with E-state index < -0.39 is 12.0 Å². The minimum atomic E-state index is -0.860. The number of likely N-dealkylation sites (tertiary alicyclic amines) is 2. The van der Waals surface area contributed by atoms with Gasteiger partial charge in [0.25, 0.3) is 5.91 Å². The molecule has 1 N–H and O–H groups in total. The van der Waals surface area contributed by atoms with Gasteiger partial charge in [-0.25, -0.2) is 0 Å². The third-order valence-corrected chi connectivity index (χ3v) is 8.55. The Labute approximate surface area is 234 Å². The van der Waals surface area contributed by atoms with Crippen molar-refractivity contribution in [2.24, 2.45) is 0 Å². The minimum Gasteiger partial charge on any atom is -0.480 e. The molecule has 2 aliphatic heterocycles. The summed E-state index contributed by atoms with van der Waals surface area (Å²) in [5.41, 5.74) is 1.57. The summed E-state index contributed by atoms with van der Waals surface area (Å²) in [6, 6.07) is 14.0. The van der Waals surface area contributed by atoms with Gasteiger partial charge in [0, 0.05) is 50.6 Å². The summed E-state index contributed by atoms with van der Waals surface area (Å²) in [5, 5.41) is 11.0. The molecule has 0 aromatic heterocycles. The Balaban J connectivity index is 1.47. The van der Waals surface area contributed by atoms with Gasteiger partial charge in [-0.3, -0.25) is 19.3 Å². The number of piperidine rings is 2. The highest BCUT2D eigenvalue weighted by molar-refractivity contribution is 6.42. The van der Waals surface area contributed by atoms with Crippen LogP contribution in [0, 0.1) is 0 Å². The molecule has 0 saturated carbocycles. The van der Waals surface area contributed by atoms with E-state index in [1.54, 1.807) is 30.1 Å². The van der Waals surface area contributed by atoms with Gasteiger partial charge in [-0.1, -0.05) is 47.5 Å². The quantitative estimate of drug-likeness (QED) is 0.458. The molecule has 2 aromatic rings. The van der Waals surface area contributed by atoms with Gasteiger partial charge in [0.15, 0.2) is 0 Å². The Morgan fingerprint density at radius 3 is 2.53 bits per heavy atom. The average Bonchev–Trinajstić information content (AvgIpc) is 2.92. The third kappa shape index (κ3) is 6.87. The number of carbonyl (C=O) groups excluding carboxylic acids is 2. The second-order valence-electron chi connectivity index (χ2n) is 10.3. The van der Waals surface area contributed by atoms with Gasteiger partial charge in [-0.2, -0.15) is 0 Å². The van der Waals surface area contributed by atoms with Crippen molar-refractivity contribution in [2.75, 3.05) is 33.2 Å². The second kappa shape index (κ2) is 13.0. The number of aliphatic carboxylic acids is 1. The van der Waals surface area contributed by atoms with Crippen LogP contribution in [-0.2, 0) is 9.59 Å². The predicted octanol–water partition coefficient (Wildman–Crippen LogP) is 5.17. The lowest BCUT2D eigenvalue weighted by atomic mass is 9.91. The van der Waals surface area contributed by atoms with Crippen LogP contribution in [0.15, 0.2) is 48.5 Å². The summed E-state index contributed by atoms with van der Waals surface area (Å²) in [6.07, 6.45) is 4.28. The summed E-state index contributed by atoms with van der Waals surface area (Å²) in [6.45, 7) is 2.33. The van der Waals surface area contributed by atoms with Crippen LogP contribution in [0.2, 0.25) is 10.0 Å². The number of carboxylic acids is 1. The van der Waals surface area contributed by atoms with E-state index in [-0.39, 0.29) is 23.8 Å². The summed E-state index contributed by atoms with van der Waals surface area (Å²) in [5.74, 6) is -0.865. The molecule has 2 unspecified atom stereocenters. The van der Waals surface area contributed by atoms with E-state index >= 15 is 0 Å². The summed E-state index contributed by atoms with van der Waals surface area (Å²) in [4.78, 5) is 43.4. The number of hydrogen-bond acceptors (Lipinski definition) is 4. The molecule has 2 aliphatic rings. The summed E-state index contributed by atoms with van der Waals surface area (Å²) >= 11 is 12.5. The molecule has 9 heteroatoms. The van der Waals surface area contributed by atoms with E-state index in [0.717, 1.165) is 31.4 Å². The standard InChI is InChI=1S/C29H35Cl2N3O4/c1-32(28(36)20-7-3-2-4-8-20)19-22(21-10-11-24(30)25(31)17-21)12-15-33-16-13-23(18-26(33)29(37)38)34-14-6-5-9-27(34)35/h2-4,7-8,10-11,17,22-23,26H,5-6,9,12-16,18-19H2,1H3,(H,37,38)/t22-,23?,26?/m1/s1. The van der Waals surface area contributed by atoms with Gasteiger partial charge in [-0.15, -0.1) is 0 Å². The Kier molecular flexibility index (Phi) is 9.69. The van der Waals surface area contributed by atoms with Gasteiger partial charge >= 0.3 is 5.97 Å². The maximum atomic E-state index is 13.1. The smallest absolute Gasteiger partial charge is 0.320 e. The number of halogens is 2. The van der Waals surface area contributed by atoms with Crippen LogP contribution in [0.1, 0.15) is 60.4 Å². The van der Waals surface area contributed by atoms with Gasteiger partial charge in [0.1, 0.15) is 6.04 Å². The summed E-state index contributed by atoms with van der Waals surface area (Å²) in [7, 11) is 1.78. The first-order valence-electron chi connectivity index (χ1n) is 13.3. The number of carboxylic acid groups (broad SMARTS) is 1. The molecule has 2 saturated heterocycles. The molecule has 4 rings (SSSR count). The van der Waals surface area contributed by atoms with E-state index in [9.17, 15) is 19.5 Å². The number of rotatable bonds is 9. The molecule has 0 radical (unpaired) electrons. The average molecular weight is 561 g/mol. The van der Waals surface area contributed by atoms with Crippen molar-refractivity contribution >= 4 is 41.0 Å². The molecule has 38 heavy (non-hydrogen) atoms. The molecule has 0 aliphatic carbocycles. The Hall–Kier alpha value is -2.61. The fourth-order valence-electron chi connectivity index (χ4n) is 5.68. The van der Waals surface area contributed by atoms with Crippen LogP contribution in [0.4, 0.5) is 0 Å². The Morgan fingerprint density at radius 2 is 1.84 bits per heavy atom. The Morgan fingerprint density at radius 1 is 1.08 bits per heavy atom. The second-order valence-corrected chi connectivity index (χ2v) is 11.1. The van der Waals surface area contributed by atoms with Crippen LogP contribution < -0.4 is 0 Å². The molecule has 3 atom stereocenters. The van der Waals surface area contributed by atoms with Crippen molar-refractivity contribution in [3.63, 3.8) is 0 Å². The van der Waals surface area contributed by atoms with Gasteiger partial charge in [-0.05, 0) is 68.5 Å². The fraction of sp³-hybridized carbons (Fsp3) is 0.483. The van der Waals surface area contributed by atoms with E-state index in [4.69, 9.17) is 23.2 Å². The van der Waals surface area contributed by atoms with Crippen molar-refractivity contribution in [2.45, 2.75) is 56.5 Å². The molecule has 2 heterocycles. The molecular weight excluding hydrogens is 525 g/mol. The van der Waals surface area contributed by atoms with Crippen LogP contribution in [-0.4, -0.2) is 82.9 Å². The number of likely N-dealkylation sites (N-methyl/N-ethyl adjacent to an activating group) is 1. The highest BCUT2D eigenvalue weighted by atomic mass is 35.5.